The number of amides is 1. The molecule has 0 fully saturated rings. The number of aromatic nitrogens is 3. The number of benzene rings is 2. The second kappa shape index (κ2) is 7.60. The van der Waals surface area contributed by atoms with E-state index < -0.39 is 0 Å². The van der Waals surface area contributed by atoms with E-state index in [0.717, 1.165) is 11.4 Å². The van der Waals surface area contributed by atoms with Crippen LogP contribution < -0.4 is 5.32 Å². The van der Waals surface area contributed by atoms with E-state index in [9.17, 15) is 4.79 Å². The molecule has 0 saturated heterocycles. The molecule has 2 aromatic carbocycles. The Balaban J connectivity index is 1.48. The van der Waals surface area contributed by atoms with Gasteiger partial charge >= 0.3 is 0 Å². The van der Waals surface area contributed by atoms with Gasteiger partial charge in [-0.25, -0.2) is 9.67 Å². The number of carbonyl (C=O) groups excluding carboxylic acids is 1. The lowest BCUT2D eigenvalue weighted by atomic mass is 10.3. The smallest absolute Gasteiger partial charge is 0.225 e. The molecule has 3 aromatic rings. The van der Waals surface area contributed by atoms with Crippen LogP contribution in [0.2, 0.25) is 0 Å². The molecule has 6 heteroatoms. The Morgan fingerprint density at radius 2 is 1.74 bits per heavy atom. The van der Waals surface area contributed by atoms with Crippen molar-refractivity contribution in [3.05, 3.63) is 67.0 Å². The van der Waals surface area contributed by atoms with Crippen LogP contribution in [0.3, 0.4) is 0 Å². The molecular formula is C17H16N4OS. The average Bonchev–Trinajstić information content (AvgIpc) is 3.05. The first-order valence-electron chi connectivity index (χ1n) is 7.26. The zero-order chi connectivity index (χ0) is 15.9. The normalized spacial score (nSPS) is 10.4. The zero-order valence-corrected chi connectivity index (χ0v) is 13.2. The lowest BCUT2D eigenvalue weighted by Crippen LogP contribution is -2.12. The fourth-order valence-electron chi connectivity index (χ4n) is 2.00. The monoisotopic (exact) mass is 324 g/mol. The molecule has 0 saturated carbocycles. The standard InChI is InChI=1S/C17H16N4OS/c22-16(19-14-7-3-1-4-8-14)11-12-23-17-18-13-21(20-17)15-9-5-2-6-10-15/h1-10,13H,11-12H2,(H,19,22). The van der Waals surface area contributed by atoms with Gasteiger partial charge in [0.25, 0.3) is 0 Å². The Labute approximate surface area is 138 Å². The molecule has 0 atom stereocenters. The van der Waals surface area contributed by atoms with Crippen LogP contribution >= 0.6 is 11.8 Å². The Kier molecular flexibility index (Phi) is 5.06. The molecule has 1 aromatic heterocycles. The second-order valence-corrected chi connectivity index (χ2v) is 5.88. The molecule has 3 rings (SSSR count). The zero-order valence-electron chi connectivity index (χ0n) is 12.4. The molecule has 0 aliphatic rings. The highest BCUT2D eigenvalue weighted by molar-refractivity contribution is 7.99. The van der Waals surface area contributed by atoms with Gasteiger partial charge in [0.15, 0.2) is 0 Å². The number of carbonyl (C=O) groups is 1. The van der Waals surface area contributed by atoms with E-state index in [0.29, 0.717) is 17.3 Å². The van der Waals surface area contributed by atoms with Gasteiger partial charge in [-0.2, -0.15) is 0 Å². The number of thioether (sulfide) groups is 1. The molecule has 0 aliphatic carbocycles. The summed E-state index contributed by atoms with van der Waals surface area (Å²) in [5.41, 5.74) is 1.78. The van der Waals surface area contributed by atoms with Crippen molar-refractivity contribution >= 4 is 23.4 Å². The molecule has 0 bridgehead atoms. The number of nitrogens with zero attached hydrogens (tertiary/aromatic N) is 3. The minimum absolute atomic E-state index is 0.00816. The third kappa shape index (κ3) is 4.43. The van der Waals surface area contributed by atoms with Crippen molar-refractivity contribution in [1.29, 1.82) is 0 Å². The van der Waals surface area contributed by atoms with Gasteiger partial charge in [0.1, 0.15) is 6.33 Å². The maximum absolute atomic E-state index is 11.9. The van der Waals surface area contributed by atoms with Gasteiger partial charge in [0.05, 0.1) is 5.69 Å². The summed E-state index contributed by atoms with van der Waals surface area (Å²) < 4.78 is 1.73. The van der Waals surface area contributed by atoms with Gasteiger partial charge in [0.2, 0.25) is 11.1 Å². The number of rotatable bonds is 6. The van der Waals surface area contributed by atoms with E-state index in [1.54, 1.807) is 11.0 Å². The first kappa shape index (κ1) is 15.3. The van der Waals surface area contributed by atoms with Crippen molar-refractivity contribution in [3.8, 4) is 5.69 Å². The SMILES string of the molecule is O=C(CCSc1ncn(-c2ccccc2)n1)Nc1ccccc1. The predicted octanol–water partition coefficient (Wildman–Crippen LogP) is 3.39. The highest BCUT2D eigenvalue weighted by Gasteiger charge is 2.06. The third-order valence-corrected chi connectivity index (χ3v) is 3.96. The highest BCUT2D eigenvalue weighted by Crippen LogP contribution is 2.15. The summed E-state index contributed by atoms with van der Waals surface area (Å²) in [7, 11) is 0. The molecule has 0 unspecified atom stereocenters. The van der Waals surface area contributed by atoms with Crippen LogP contribution in [-0.4, -0.2) is 26.4 Å². The van der Waals surface area contributed by atoms with Crippen LogP contribution in [0.15, 0.2) is 72.1 Å². The van der Waals surface area contributed by atoms with E-state index >= 15 is 0 Å². The summed E-state index contributed by atoms with van der Waals surface area (Å²) in [6.07, 6.45) is 2.10. The Bertz CT molecular complexity index is 759. The topological polar surface area (TPSA) is 59.8 Å². The van der Waals surface area contributed by atoms with Crippen LogP contribution in [-0.2, 0) is 4.79 Å². The van der Waals surface area contributed by atoms with Crippen molar-refractivity contribution in [2.45, 2.75) is 11.6 Å². The lowest BCUT2D eigenvalue weighted by molar-refractivity contribution is -0.115. The van der Waals surface area contributed by atoms with Gasteiger partial charge in [-0.05, 0) is 24.3 Å². The van der Waals surface area contributed by atoms with Crippen molar-refractivity contribution in [3.63, 3.8) is 0 Å². The largest absolute Gasteiger partial charge is 0.326 e. The van der Waals surface area contributed by atoms with Gasteiger partial charge in [-0.15, -0.1) is 5.10 Å². The molecule has 0 aliphatic heterocycles. The quantitative estimate of drug-likeness (QED) is 0.706. The van der Waals surface area contributed by atoms with Crippen LogP contribution in [0, 0.1) is 0 Å². The number of nitrogens with one attached hydrogen (secondary N) is 1. The van der Waals surface area contributed by atoms with Gasteiger partial charge in [-0.3, -0.25) is 4.79 Å². The Morgan fingerprint density at radius 3 is 2.48 bits per heavy atom. The molecule has 0 radical (unpaired) electrons. The van der Waals surface area contributed by atoms with Crippen molar-refractivity contribution in [2.75, 3.05) is 11.1 Å². The first-order chi connectivity index (χ1) is 11.3. The Morgan fingerprint density at radius 1 is 1.04 bits per heavy atom. The van der Waals surface area contributed by atoms with Crippen molar-refractivity contribution in [1.82, 2.24) is 14.8 Å². The van der Waals surface area contributed by atoms with Crippen LogP contribution in [0.25, 0.3) is 5.69 Å². The fraction of sp³-hybridized carbons (Fsp3) is 0.118. The molecule has 1 heterocycles. The molecule has 0 spiro atoms. The van der Waals surface area contributed by atoms with E-state index in [4.69, 9.17) is 0 Å². The van der Waals surface area contributed by atoms with E-state index in [1.165, 1.54) is 11.8 Å². The molecule has 116 valence electrons. The molecule has 23 heavy (non-hydrogen) atoms. The summed E-state index contributed by atoms with van der Waals surface area (Å²) in [6, 6.07) is 19.3. The number of anilines is 1. The summed E-state index contributed by atoms with van der Waals surface area (Å²) in [5, 5.41) is 7.93. The van der Waals surface area contributed by atoms with Crippen molar-refractivity contribution in [2.24, 2.45) is 0 Å². The summed E-state index contributed by atoms with van der Waals surface area (Å²) in [6.45, 7) is 0. The minimum atomic E-state index is -0.00816. The lowest BCUT2D eigenvalue weighted by Gasteiger charge is -2.03. The van der Waals surface area contributed by atoms with E-state index in [-0.39, 0.29) is 5.91 Å². The third-order valence-electron chi connectivity index (χ3n) is 3.11. The molecule has 5 nitrogen and oxygen atoms in total. The summed E-state index contributed by atoms with van der Waals surface area (Å²) in [5.74, 6) is 0.628. The predicted molar refractivity (Wildman–Crippen MR) is 91.8 cm³/mol. The number of para-hydroxylation sites is 2. The summed E-state index contributed by atoms with van der Waals surface area (Å²) >= 11 is 1.47. The maximum atomic E-state index is 11.9. The minimum Gasteiger partial charge on any atom is -0.326 e. The second-order valence-electron chi connectivity index (χ2n) is 4.82. The average molecular weight is 324 g/mol. The molecule has 1 amide bonds. The Hall–Kier alpha value is -2.60. The van der Waals surface area contributed by atoms with E-state index in [1.807, 2.05) is 60.7 Å². The van der Waals surface area contributed by atoms with Gasteiger partial charge < -0.3 is 5.32 Å². The van der Waals surface area contributed by atoms with Crippen LogP contribution in [0.5, 0.6) is 0 Å². The van der Waals surface area contributed by atoms with Gasteiger partial charge in [0, 0.05) is 17.9 Å². The first-order valence-corrected chi connectivity index (χ1v) is 8.24. The summed E-state index contributed by atoms with van der Waals surface area (Å²) in [4.78, 5) is 16.1. The van der Waals surface area contributed by atoms with Crippen LogP contribution in [0.1, 0.15) is 6.42 Å². The van der Waals surface area contributed by atoms with Crippen LogP contribution in [0.4, 0.5) is 5.69 Å². The molecule has 1 N–H and O–H groups in total. The number of hydrogen-bond donors (Lipinski definition) is 1. The highest BCUT2D eigenvalue weighted by atomic mass is 32.2. The van der Waals surface area contributed by atoms with E-state index in [2.05, 4.69) is 15.4 Å². The molecular weight excluding hydrogens is 308 g/mol. The maximum Gasteiger partial charge on any atom is 0.225 e. The number of hydrogen-bond acceptors (Lipinski definition) is 4. The van der Waals surface area contributed by atoms with Gasteiger partial charge in [-0.1, -0.05) is 48.2 Å². The fourth-order valence-corrected chi connectivity index (χ4v) is 2.74. The van der Waals surface area contributed by atoms with Crippen molar-refractivity contribution < 1.29 is 4.79 Å².